The van der Waals surface area contributed by atoms with Crippen LogP contribution in [0.3, 0.4) is 0 Å². The molecule has 0 unspecified atom stereocenters. The summed E-state index contributed by atoms with van der Waals surface area (Å²) in [7, 11) is 0. The number of aryl methyl sites for hydroxylation is 2. The summed E-state index contributed by atoms with van der Waals surface area (Å²) in [4.78, 5) is 12.1. The molecule has 0 spiro atoms. The molecule has 2 aromatic heterocycles. The van der Waals surface area contributed by atoms with E-state index in [-0.39, 0.29) is 17.9 Å². The predicted molar refractivity (Wildman–Crippen MR) is 79.2 cm³/mol. The molecule has 6 nitrogen and oxygen atoms in total. The van der Waals surface area contributed by atoms with Gasteiger partial charge in [0.05, 0.1) is 12.2 Å². The molecule has 0 saturated carbocycles. The van der Waals surface area contributed by atoms with Crippen molar-refractivity contribution in [3.8, 4) is 0 Å². The van der Waals surface area contributed by atoms with E-state index in [9.17, 15) is 4.79 Å². The minimum atomic E-state index is -0.223. The van der Waals surface area contributed by atoms with Crippen LogP contribution < -0.4 is 5.32 Å². The molecule has 2 heterocycles. The summed E-state index contributed by atoms with van der Waals surface area (Å²) < 4.78 is 7.03. The van der Waals surface area contributed by atoms with Gasteiger partial charge < -0.3 is 9.84 Å². The average Bonchev–Trinajstić information content (AvgIpc) is 2.97. The van der Waals surface area contributed by atoms with E-state index in [1.807, 2.05) is 45.4 Å². The molecule has 0 radical (unpaired) electrons. The van der Waals surface area contributed by atoms with E-state index < -0.39 is 0 Å². The zero-order valence-corrected chi connectivity index (χ0v) is 13.2. The van der Waals surface area contributed by atoms with Gasteiger partial charge in [0.1, 0.15) is 5.76 Å². The molecule has 1 N–H and O–H groups in total. The van der Waals surface area contributed by atoms with Crippen LogP contribution in [0, 0.1) is 13.8 Å². The topological polar surface area (TPSA) is 73.0 Å². The monoisotopic (exact) mass is 290 g/mol. The van der Waals surface area contributed by atoms with Crippen molar-refractivity contribution in [1.82, 2.24) is 20.3 Å². The van der Waals surface area contributed by atoms with E-state index in [1.165, 1.54) is 0 Å². The van der Waals surface area contributed by atoms with Gasteiger partial charge in [0.2, 0.25) is 0 Å². The third-order valence-electron chi connectivity index (χ3n) is 3.26. The van der Waals surface area contributed by atoms with Crippen molar-refractivity contribution in [1.29, 1.82) is 0 Å². The van der Waals surface area contributed by atoms with Crippen LogP contribution in [0.5, 0.6) is 0 Å². The molecular weight excluding hydrogens is 268 g/mol. The van der Waals surface area contributed by atoms with Crippen molar-refractivity contribution < 1.29 is 9.32 Å². The Morgan fingerprint density at radius 1 is 1.33 bits per heavy atom. The number of rotatable bonds is 5. The Labute approximate surface area is 124 Å². The lowest BCUT2D eigenvalue weighted by Crippen LogP contribution is -2.36. The molecule has 2 rings (SSSR count). The van der Waals surface area contributed by atoms with Gasteiger partial charge in [-0.05, 0) is 26.8 Å². The fourth-order valence-corrected chi connectivity index (χ4v) is 2.13. The van der Waals surface area contributed by atoms with E-state index in [0.717, 1.165) is 11.4 Å². The van der Waals surface area contributed by atoms with Crippen LogP contribution in [0.15, 0.2) is 16.7 Å². The molecule has 2 aromatic rings. The quantitative estimate of drug-likeness (QED) is 0.918. The first-order valence-electron chi connectivity index (χ1n) is 7.15. The number of carbonyl (C=O) groups excluding carboxylic acids is 1. The molecular formula is C15H22N4O2. The van der Waals surface area contributed by atoms with Gasteiger partial charge in [0.25, 0.3) is 5.91 Å². The number of nitrogens with one attached hydrogen (secondary N) is 1. The fourth-order valence-electron chi connectivity index (χ4n) is 2.13. The van der Waals surface area contributed by atoms with Crippen molar-refractivity contribution in [3.63, 3.8) is 0 Å². The summed E-state index contributed by atoms with van der Waals surface area (Å²) in [6.07, 6.45) is 0. The summed E-state index contributed by atoms with van der Waals surface area (Å²) in [6, 6.07) is 3.66. The fraction of sp³-hybridized carbons (Fsp3) is 0.533. The smallest absolute Gasteiger partial charge is 0.273 e. The average molecular weight is 290 g/mol. The summed E-state index contributed by atoms with van der Waals surface area (Å²) >= 11 is 0. The third kappa shape index (κ3) is 3.71. The lowest BCUT2D eigenvalue weighted by molar-refractivity contribution is 0.0926. The maximum atomic E-state index is 12.1. The van der Waals surface area contributed by atoms with E-state index in [0.29, 0.717) is 18.0 Å². The zero-order chi connectivity index (χ0) is 15.6. The summed E-state index contributed by atoms with van der Waals surface area (Å²) in [5.41, 5.74) is 2.38. The van der Waals surface area contributed by atoms with Crippen LogP contribution in [-0.2, 0) is 6.54 Å². The Bertz CT molecular complexity index is 627. The van der Waals surface area contributed by atoms with Crippen LogP contribution in [-0.4, -0.2) is 26.9 Å². The maximum absolute atomic E-state index is 12.1. The molecule has 1 amide bonds. The number of aromatic nitrogens is 3. The molecule has 0 saturated heterocycles. The molecule has 114 valence electrons. The second-order valence-electron chi connectivity index (χ2n) is 5.75. The maximum Gasteiger partial charge on any atom is 0.273 e. The normalized spacial score (nSPS) is 12.7. The second kappa shape index (κ2) is 6.11. The van der Waals surface area contributed by atoms with Crippen LogP contribution in [0.1, 0.15) is 54.3 Å². The van der Waals surface area contributed by atoms with Crippen molar-refractivity contribution >= 4 is 5.91 Å². The Kier molecular flexibility index (Phi) is 4.45. The van der Waals surface area contributed by atoms with Crippen LogP contribution in [0.2, 0.25) is 0 Å². The molecule has 6 heteroatoms. The van der Waals surface area contributed by atoms with E-state index in [2.05, 4.69) is 15.6 Å². The lowest BCUT2D eigenvalue weighted by Gasteiger charge is -2.14. The zero-order valence-electron chi connectivity index (χ0n) is 13.2. The second-order valence-corrected chi connectivity index (χ2v) is 5.75. The van der Waals surface area contributed by atoms with Gasteiger partial charge in [0.15, 0.2) is 5.69 Å². The minimum absolute atomic E-state index is 0.0466. The summed E-state index contributed by atoms with van der Waals surface area (Å²) in [6.45, 7) is 10.5. The first kappa shape index (κ1) is 15.3. The number of carbonyl (C=O) groups is 1. The van der Waals surface area contributed by atoms with Gasteiger partial charge in [-0.1, -0.05) is 19.0 Å². The Hall–Kier alpha value is -2.11. The van der Waals surface area contributed by atoms with Crippen molar-refractivity contribution in [3.05, 3.63) is 35.0 Å². The number of amides is 1. The molecule has 0 aliphatic rings. The largest absolute Gasteiger partial charge is 0.360 e. The predicted octanol–water partition coefficient (Wildman–Crippen LogP) is 2.43. The van der Waals surface area contributed by atoms with E-state index in [1.54, 1.807) is 6.07 Å². The van der Waals surface area contributed by atoms with Crippen LogP contribution in [0.25, 0.3) is 0 Å². The van der Waals surface area contributed by atoms with Crippen molar-refractivity contribution in [2.75, 3.05) is 0 Å². The van der Waals surface area contributed by atoms with Crippen LogP contribution >= 0.6 is 0 Å². The molecule has 0 aromatic carbocycles. The highest BCUT2D eigenvalue weighted by atomic mass is 16.5. The summed E-state index contributed by atoms with van der Waals surface area (Å²) in [5, 5.41) is 11.1. The minimum Gasteiger partial charge on any atom is -0.360 e. The van der Waals surface area contributed by atoms with E-state index in [4.69, 9.17) is 4.52 Å². The lowest BCUT2D eigenvalue weighted by atomic mass is 10.1. The highest BCUT2D eigenvalue weighted by molar-refractivity contribution is 5.92. The van der Waals surface area contributed by atoms with Gasteiger partial charge >= 0.3 is 0 Å². The number of hydrogen-bond acceptors (Lipinski definition) is 4. The molecule has 0 fully saturated rings. The van der Waals surface area contributed by atoms with E-state index >= 15 is 0 Å². The first-order valence-corrected chi connectivity index (χ1v) is 7.15. The van der Waals surface area contributed by atoms with Crippen molar-refractivity contribution in [2.45, 2.75) is 53.1 Å². The molecule has 0 aliphatic carbocycles. The number of nitrogens with zero attached hydrogens (tertiary/aromatic N) is 3. The van der Waals surface area contributed by atoms with Crippen molar-refractivity contribution in [2.24, 2.45) is 0 Å². The SMILES string of the molecule is Cc1cc(C)n(C[C@H](C)NC(=O)c2cc(C(C)C)on2)n1. The Morgan fingerprint density at radius 3 is 2.57 bits per heavy atom. The van der Waals surface area contributed by atoms with Gasteiger partial charge in [-0.15, -0.1) is 0 Å². The molecule has 0 bridgehead atoms. The first-order chi connectivity index (χ1) is 9.86. The Morgan fingerprint density at radius 2 is 2.05 bits per heavy atom. The Balaban J connectivity index is 1.96. The molecule has 21 heavy (non-hydrogen) atoms. The third-order valence-corrected chi connectivity index (χ3v) is 3.26. The standard InChI is InChI=1S/C15H22N4O2/c1-9(2)14-7-13(18-21-14)15(20)16-11(4)8-19-12(5)6-10(3)17-19/h6-7,9,11H,8H2,1-5H3,(H,16,20)/t11-/m0/s1. The molecule has 1 atom stereocenters. The van der Waals surface area contributed by atoms with Gasteiger partial charge in [-0.25, -0.2) is 0 Å². The number of hydrogen-bond donors (Lipinski definition) is 1. The highest BCUT2D eigenvalue weighted by Crippen LogP contribution is 2.15. The van der Waals surface area contributed by atoms with Gasteiger partial charge in [0, 0.05) is 23.7 Å². The highest BCUT2D eigenvalue weighted by Gasteiger charge is 2.17. The summed E-state index contributed by atoms with van der Waals surface area (Å²) in [5.74, 6) is 0.706. The van der Waals surface area contributed by atoms with Crippen LogP contribution in [0.4, 0.5) is 0 Å². The van der Waals surface area contributed by atoms with Gasteiger partial charge in [-0.3, -0.25) is 9.48 Å². The molecule has 0 aliphatic heterocycles. The van der Waals surface area contributed by atoms with Gasteiger partial charge in [-0.2, -0.15) is 5.10 Å².